The zero-order valence-corrected chi connectivity index (χ0v) is 13.9. The fourth-order valence-corrected chi connectivity index (χ4v) is 4.03. The molecule has 1 aromatic heterocycles. The summed E-state index contributed by atoms with van der Waals surface area (Å²) < 4.78 is 19.6. The van der Waals surface area contributed by atoms with Crippen molar-refractivity contribution in [2.24, 2.45) is 5.92 Å². The average Bonchev–Trinajstić information content (AvgIpc) is 3.03. The predicted octanol–water partition coefficient (Wildman–Crippen LogP) is 5.20. The van der Waals surface area contributed by atoms with Crippen molar-refractivity contribution >= 4 is 11.0 Å². The molecule has 3 aromatic rings. The van der Waals surface area contributed by atoms with Crippen molar-refractivity contribution < 1.29 is 8.81 Å². The minimum Gasteiger partial charge on any atom is -0.464 e. The van der Waals surface area contributed by atoms with E-state index in [0.717, 1.165) is 42.6 Å². The first-order valence-electron chi connectivity index (χ1n) is 8.63. The summed E-state index contributed by atoms with van der Waals surface area (Å²) >= 11 is 0. The summed E-state index contributed by atoms with van der Waals surface area (Å²) in [6, 6.07) is 15.6. The molecule has 2 aromatic carbocycles. The van der Waals surface area contributed by atoms with E-state index in [2.05, 4.69) is 42.2 Å². The third-order valence-electron chi connectivity index (χ3n) is 5.18. The summed E-state index contributed by atoms with van der Waals surface area (Å²) in [5.74, 6) is 0.650. The van der Waals surface area contributed by atoms with Crippen LogP contribution in [0.25, 0.3) is 11.0 Å². The van der Waals surface area contributed by atoms with E-state index in [1.54, 1.807) is 18.4 Å². The van der Waals surface area contributed by atoms with E-state index >= 15 is 0 Å². The third kappa shape index (κ3) is 2.96. The molecule has 0 bridgehead atoms. The Kier molecular flexibility index (Phi) is 4.11. The minimum absolute atomic E-state index is 0.169. The highest BCUT2D eigenvalue weighted by Crippen LogP contribution is 2.37. The van der Waals surface area contributed by atoms with Crippen LogP contribution >= 0.6 is 0 Å². The van der Waals surface area contributed by atoms with E-state index < -0.39 is 0 Å². The second kappa shape index (κ2) is 6.40. The number of piperidine rings is 1. The van der Waals surface area contributed by atoms with Crippen molar-refractivity contribution in [1.29, 1.82) is 0 Å². The Hall–Kier alpha value is -2.13. The Morgan fingerprint density at radius 3 is 2.79 bits per heavy atom. The summed E-state index contributed by atoms with van der Waals surface area (Å²) in [7, 11) is 0. The van der Waals surface area contributed by atoms with E-state index in [0.29, 0.717) is 11.8 Å². The number of hydrogen-bond acceptors (Lipinski definition) is 2. The molecule has 1 aliphatic rings. The minimum atomic E-state index is -0.169. The summed E-state index contributed by atoms with van der Waals surface area (Å²) in [6.45, 7) is 5.31. The lowest BCUT2D eigenvalue weighted by molar-refractivity contribution is 0.156. The van der Waals surface area contributed by atoms with Gasteiger partial charge in [0.2, 0.25) is 0 Å². The van der Waals surface area contributed by atoms with Gasteiger partial charge in [-0.05, 0) is 48.6 Å². The highest BCUT2D eigenvalue weighted by atomic mass is 19.1. The number of rotatable bonds is 3. The Bertz CT molecular complexity index is 826. The summed E-state index contributed by atoms with van der Waals surface area (Å²) in [6.07, 6.45) is 2.69. The molecular formula is C21H22FNO. The smallest absolute Gasteiger partial charge is 0.137 e. The standard InChI is InChI=1S/C21H22FNO/c1-15-13-23(14-16-5-3-2-4-6-16)9-7-19(15)20-12-18(22)11-17-8-10-24-21(17)20/h2-6,8,10-12,15,19H,7,9,13-14H2,1H3/t15-,19-/m1/s1. The van der Waals surface area contributed by atoms with Crippen LogP contribution in [0, 0.1) is 11.7 Å². The maximum absolute atomic E-state index is 14.0. The van der Waals surface area contributed by atoms with Gasteiger partial charge >= 0.3 is 0 Å². The van der Waals surface area contributed by atoms with Gasteiger partial charge in [-0.15, -0.1) is 0 Å². The molecule has 0 saturated carbocycles. The molecule has 2 nitrogen and oxygen atoms in total. The lowest BCUT2D eigenvalue weighted by Gasteiger charge is -2.37. The molecule has 0 N–H and O–H groups in total. The normalized spacial score (nSPS) is 22.1. The van der Waals surface area contributed by atoms with Gasteiger partial charge in [0.25, 0.3) is 0 Å². The van der Waals surface area contributed by atoms with E-state index in [-0.39, 0.29) is 5.82 Å². The monoisotopic (exact) mass is 323 g/mol. The maximum atomic E-state index is 14.0. The fourth-order valence-electron chi connectivity index (χ4n) is 4.03. The molecule has 0 unspecified atom stereocenters. The van der Waals surface area contributed by atoms with Gasteiger partial charge in [0.05, 0.1) is 6.26 Å². The van der Waals surface area contributed by atoms with Crippen LogP contribution < -0.4 is 0 Å². The van der Waals surface area contributed by atoms with Gasteiger partial charge in [-0.25, -0.2) is 4.39 Å². The van der Waals surface area contributed by atoms with Crippen molar-refractivity contribution in [3.05, 3.63) is 71.7 Å². The van der Waals surface area contributed by atoms with Gasteiger partial charge in [0.1, 0.15) is 11.4 Å². The van der Waals surface area contributed by atoms with E-state index in [4.69, 9.17) is 4.42 Å². The SMILES string of the molecule is C[C@@H]1CN(Cc2ccccc2)CC[C@H]1c1cc(F)cc2ccoc12. The molecule has 1 fully saturated rings. The number of nitrogens with zero attached hydrogens (tertiary/aromatic N) is 1. The van der Waals surface area contributed by atoms with Crippen LogP contribution in [-0.2, 0) is 6.54 Å². The summed E-state index contributed by atoms with van der Waals surface area (Å²) in [5, 5.41) is 0.865. The van der Waals surface area contributed by atoms with Crippen LogP contribution in [0.2, 0.25) is 0 Å². The molecule has 1 saturated heterocycles. The first kappa shape index (κ1) is 15.4. The second-order valence-corrected chi connectivity index (χ2v) is 6.93. The van der Waals surface area contributed by atoms with E-state index in [1.165, 1.54) is 5.56 Å². The molecule has 4 rings (SSSR count). The number of likely N-dealkylation sites (tertiary alicyclic amines) is 1. The molecule has 0 aliphatic carbocycles. The number of hydrogen-bond donors (Lipinski definition) is 0. The molecule has 0 spiro atoms. The molecule has 2 atom stereocenters. The van der Waals surface area contributed by atoms with Gasteiger partial charge in [0.15, 0.2) is 0 Å². The highest BCUT2D eigenvalue weighted by Gasteiger charge is 2.29. The Labute approximate surface area is 141 Å². The van der Waals surface area contributed by atoms with Crippen molar-refractivity contribution in [3.8, 4) is 0 Å². The first-order valence-corrected chi connectivity index (χ1v) is 8.63. The lowest BCUT2D eigenvalue weighted by atomic mass is 9.81. The number of fused-ring (bicyclic) bond motifs is 1. The Morgan fingerprint density at radius 2 is 2.00 bits per heavy atom. The molecule has 24 heavy (non-hydrogen) atoms. The fraction of sp³-hybridized carbons (Fsp3) is 0.333. The lowest BCUT2D eigenvalue weighted by Crippen LogP contribution is -2.37. The van der Waals surface area contributed by atoms with E-state index in [9.17, 15) is 4.39 Å². The Morgan fingerprint density at radius 1 is 1.17 bits per heavy atom. The topological polar surface area (TPSA) is 16.4 Å². The second-order valence-electron chi connectivity index (χ2n) is 6.93. The quantitative estimate of drug-likeness (QED) is 0.659. The summed E-state index contributed by atoms with van der Waals surface area (Å²) in [5.41, 5.74) is 3.23. The van der Waals surface area contributed by atoms with Crippen LogP contribution in [0.5, 0.6) is 0 Å². The first-order chi connectivity index (χ1) is 11.7. The van der Waals surface area contributed by atoms with Crippen LogP contribution in [0.15, 0.2) is 59.2 Å². The van der Waals surface area contributed by atoms with Crippen molar-refractivity contribution in [3.63, 3.8) is 0 Å². The molecular weight excluding hydrogens is 301 g/mol. The zero-order valence-electron chi connectivity index (χ0n) is 13.9. The molecule has 0 radical (unpaired) electrons. The highest BCUT2D eigenvalue weighted by molar-refractivity contribution is 5.81. The van der Waals surface area contributed by atoms with Crippen LogP contribution in [-0.4, -0.2) is 18.0 Å². The van der Waals surface area contributed by atoms with Crippen LogP contribution in [0.1, 0.15) is 30.4 Å². The van der Waals surface area contributed by atoms with Crippen LogP contribution in [0.4, 0.5) is 4.39 Å². The predicted molar refractivity (Wildman–Crippen MR) is 94.4 cm³/mol. The van der Waals surface area contributed by atoms with Gasteiger partial charge in [-0.2, -0.15) is 0 Å². The average molecular weight is 323 g/mol. The molecule has 2 heterocycles. The Balaban J connectivity index is 1.53. The van der Waals surface area contributed by atoms with Gasteiger partial charge in [-0.3, -0.25) is 4.90 Å². The summed E-state index contributed by atoms with van der Waals surface area (Å²) in [4.78, 5) is 2.50. The number of benzene rings is 2. The van der Waals surface area contributed by atoms with Gasteiger partial charge < -0.3 is 4.42 Å². The van der Waals surface area contributed by atoms with Crippen molar-refractivity contribution in [2.75, 3.05) is 13.1 Å². The van der Waals surface area contributed by atoms with E-state index in [1.807, 2.05) is 6.07 Å². The largest absolute Gasteiger partial charge is 0.464 e. The zero-order chi connectivity index (χ0) is 16.5. The molecule has 3 heteroatoms. The van der Waals surface area contributed by atoms with Gasteiger partial charge in [0, 0.05) is 24.0 Å². The maximum Gasteiger partial charge on any atom is 0.137 e. The third-order valence-corrected chi connectivity index (χ3v) is 5.18. The number of halogens is 1. The molecule has 124 valence electrons. The van der Waals surface area contributed by atoms with Crippen LogP contribution in [0.3, 0.4) is 0 Å². The molecule has 0 amide bonds. The molecule has 1 aliphatic heterocycles. The van der Waals surface area contributed by atoms with Gasteiger partial charge in [-0.1, -0.05) is 37.3 Å². The van der Waals surface area contributed by atoms with Crippen molar-refractivity contribution in [1.82, 2.24) is 4.90 Å². The van der Waals surface area contributed by atoms with Crippen molar-refractivity contribution in [2.45, 2.75) is 25.8 Å². The number of furan rings is 1.